The molecule has 1 rings (SSSR count). The van der Waals surface area contributed by atoms with Crippen molar-refractivity contribution in [3.05, 3.63) is 0 Å². The number of hydrogen-bond acceptors (Lipinski definition) is 4. The first-order chi connectivity index (χ1) is 9.46. The second-order valence-corrected chi connectivity index (χ2v) is 6.40. The molecule has 0 aromatic carbocycles. The summed E-state index contributed by atoms with van der Waals surface area (Å²) < 4.78 is 41.6. The van der Waals surface area contributed by atoms with Crippen molar-refractivity contribution in [3.63, 3.8) is 0 Å². The predicted molar refractivity (Wildman–Crippen MR) is 70.8 cm³/mol. The van der Waals surface area contributed by atoms with Crippen molar-refractivity contribution in [2.24, 2.45) is 5.41 Å². The molecular weight excluding hydrogens is 311 g/mol. The third-order valence-electron chi connectivity index (χ3n) is 3.85. The van der Waals surface area contributed by atoms with Crippen LogP contribution in [0.2, 0.25) is 0 Å². The first-order valence-electron chi connectivity index (χ1n) is 6.33. The Morgan fingerprint density at radius 1 is 1.43 bits per heavy atom. The third-order valence-corrected chi connectivity index (χ3v) is 4.58. The fourth-order valence-electron chi connectivity index (χ4n) is 2.46. The molecule has 0 radical (unpaired) electrons. The highest BCUT2D eigenvalue weighted by molar-refractivity contribution is 8.00. The number of amides is 1. The van der Waals surface area contributed by atoms with E-state index >= 15 is 0 Å². The number of nitrogens with one attached hydrogen (secondary N) is 1. The van der Waals surface area contributed by atoms with E-state index in [9.17, 15) is 27.9 Å². The lowest BCUT2D eigenvalue weighted by atomic mass is 9.54. The highest BCUT2D eigenvalue weighted by Crippen LogP contribution is 2.51. The molecule has 0 heterocycles. The summed E-state index contributed by atoms with van der Waals surface area (Å²) in [7, 11) is 0. The van der Waals surface area contributed by atoms with Gasteiger partial charge in [0.2, 0.25) is 5.91 Å². The quantitative estimate of drug-likeness (QED) is 0.780. The van der Waals surface area contributed by atoms with E-state index in [1.54, 1.807) is 20.8 Å². The Morgan fingerprint density at radius 3 is 2.38 bits per heavy atom. The molecule has 1 saturated carbocycles. The van der Waals surface area contributed by atoms with E-state index < -0.39 is 45.9 Å². The van der Waals surface area contributed by atoms with Gasteiger partial charge in [0.15, 0.2) is 0 Å². The standard InChI is InChI=1S/C12H18F3NO4S/c1-4-20-7-5-11(9(18)19,10(7,2)3)16-8(17)6-21-12(13,14)15/h7H,4-6H2,1-3H3,(H,16,17)(H,18,19). The topological polar surface area (TPSA) is 75.6 Å². The van der Waals surface area contributed by atoms with Gasteiger partial charge in [0.25, 0.3) is 0 Å². The monoisotopic (exact) mass is 329 g/mol. The van der Waals surface area contributed by atoms with Crippen molar-refractivity contribution in [1.82, 2.24) is 5.32 Å². The molecule has 0 bridgehead atoms. The Labute approximate surface area is 124 Å². The van der Waals surface area contributed by atoms with Crippen LogP contribution in [0.5, 0.6) is 0 Å². The normalized spacial score (nSPS) is 27.8. The van der Waals surface area contributed by atoms with Gasteiger partial charge in [-0.3, -0.25) is 4.79 Å². The zero-order chi connectivity index (χ0) is 16.5. The molecule has 122 valence electrons. The van der Waals surface area contributed by atoms with E-state index in [2.05, 4.69) is 5.32 Å². The van der Waals surface area contributed by atoms with Gasteiger partial charge in [-0.1, -0.05) is 13.8 Å². The maximum atomic E-state index is 12.1. The molecule has 21 heavy (non-hydrogen) atoms. The van der Waals surface area contributed by atoms with Crippen LogP contribution in [0.4, 0.5) is 13.2 Å². The van der Waals surface area contributed by atoms with Crippen LogP contribution in [0.3, 0.4) is 0 Å². The molecule has 2 unspecified atom stereocenters. The van der Waals surface area contributed by atoms with Gasteiger partial charge in [0.1, 0.15) is 5.54 Å². The summed E-state index contributed by atoms with van der Waals surface area (Å²) in [4.78, 5) is 23.1. The predicted octanol–water partition coefficient (Wildman–Crippen LogP) is 2.01. The molecule has 0 spiro atoms. The largest absolute Gasteiger partial charge is 0.479 e. The smallest absolute Gasteiger partial charge is 0.442 e. The number of thioether (sulfide) groups is 1. The molecule has 2 atom stereocenters. The van der Waals surface area contributed by atoms with Gasteiger partial charge in [-0.2, -0.15) is 13.2 Å². The minimum atomic E-state index is -4.53. The van der Waals surface area contributed by atoms with Gasteiger partial charge in [-0.05, 0) is 18.7 Å². The van der Waals surface area contributed by atoms with Crippen LogP contribution in [0.15, 0.2) is 0 Å². The van der Waals surface area contributed by atoms with E-state index in [1.807, 2.05) is 0 Å². The number of carboxylic acid groups (broad SMARTS) is 1. The van der Waals surface area contributed by atoms with E-state index in [4.69, 9.17) is 4.74 Å². The molecule has 1 amide bonds. The van der Waals surface area contributed by atoms with Crippen LogP contribution < -0.4 is 5.32 Å². The molecule has 1 aliphatic rings. The SMILES string of the molecule is CCOC1CC(NC(=O)CSC(F)(F)F)(C(=O)O)C1(C)C. The number of halogens is 3. The molecule has 0 aliphatic heterocycles. The van der Waals surface area contributed by atoms with Crippen LogP contribution in [0.25, 0.3) is 0 Å². The van der Waals surface area contributed by atoms with Crippen molar-refractivity contribution < 1.29 is 32.6 Å². The lowest BCUT2D eigenvalue weighted by Crippen LogP contribution is -2.76. The summed E-state index contributed by atoms with van der Waals surface area (Å²) in [6, 6.07) is 0. The van der Waals surface area contributed by atoms with Crippen LogP contribution in [0, 0.1) is 5.41 Å². The van der Waals surface area contributed by atoms with Gasteiger partial charge in [-0.15, -0.1) is 0 Å². The first-order valence-corrected chi connectivity index (χ1v) is 7.31. The fraction of sp³-hybridized carbons (Fsp3) is 0.833. The summed E-state index contributed by atoms with van der Waals surface area (Å²) in [5.41, 5.74) is -7.04. The van der Waals surface area contributed by atoms with Gasteiger partial charge >= 0.3 is 11.5 Å². The second-order valence-electron chi connectivity index (χ2n) is 5.36. The number of hydrogen-bond donors (Lipinski definition) is 2. The van der Waals surface area contributed by atoms with E-state index in [0.717, 1.165) is 0 Å². The Morgan fingerprint density at radius 2 is 2.00 bits per heavy atom. The second kappa shape index (κ2) is 6.04. The highest BCUT2D eigenvalue weighted by atomic mass is 32.2. The summed E-state index contributed by atoms with van der Waals surface area (Å²) in [5, 5.41) is 11.6. The Balaban J connectivity index is 2.76. The number of rotatable bonds is 6. The molecule has 1 fully saturated rings. The maximum absolute atomic E-state index is 12.1. The van der Waals surface area contributed by atoms with Crippen molar-refractivity contribution >= 4 is 23.6 Å². The zero-order valence-electron chi connectivity index (χ0n) is 11.9. The van der Waals surface area contributed by atoms with E-state index in [1.165, 1.54) is 0 Å². The number of carbonyl (C=O) groups is 2. The number of aliphatic carboxylic acids is 1. The number of carboxylic acids is 1. The zero-order valence-corrected chi connectivity index (χ0v) is 12.7. The first kappa shape index (κ1) is 18.1. The molecule has 2 N–H and O–H groups in total. The number of carbonyl (C=O) groups excluding carboxylic acids is 1. The third kappa shape index (κ3) is 3.63. The van der Waals surface area contributed by atoms with Gasteiger partial charge in [-0.25, -0.2) is 4.79 Å². The van der Waals surface area contributed by atoms with Crippen LogP contribution in [-0.2, 0) is 14.3 Å². The van der Waals surface area contributed by atoms with Gasteiger partial charge < -0.3 is 15.2 Å². The lowest BCUT2D eigenvalue weighted by molar-refractivity contribution is -0.194. The number of alkyl halides is 3. The molecule has 0 aromatic heterocycles. The fourth-order valence-corrected chi connectivity index (χ4v) is 2.83. The van der Waals surface area contributed by atoms with Gasteiger partial charge in [0, 0.05) is 18.4 Å². The lowest BCUT2D eigenvalue weighted by Gasteiger charge is -2.58. The van der Waals surface area contributed by atoms with Crippen molar-refractivity contribution in [3.8, 4) is 0 Å². The van der Waals surface area contributed by atoms with Crippen molar-refractivity contribution in [1.29, 1.82) is 0 Å². The molecular formula is C12H18F3NO4S. The summed E-state index contributed by atoms with van der Waals surface area (Å²) >= 11 is -0.496. The Hall–Kier alpha value is -0.960. The van der Waals surface area contributed by atoms with Crippen molar-refractivity contribution in [2.75, 3.05) is 12.4 Å². The van der Waals surface area contributed by atoms with Crippen LogP contribution in [0.1, 0.15) is 27.2 Å². The summed E-state index contributed by atoms with van der Waals surface area (Å²) in [5.74, 6) is -3.09. The minimum absolute atomic E-state index is 0.0333. The summed E-state index contributed by atoms with van der Waals surface area (Å²) in [6.07, 6.45) is -0.333. The Kier molecular flexibility index (Phi) is 5.20. The van der Waals surface area contributed by atoms with E-state index in [0.29, 0.717) is 6.61 Å². The Bertz CT molecular complexity index is 427. The molecule has 5 nitrogen and oxygen atoms in total. The molecule has 9 heteroatoms. The summed E-state index contributed by atoms with van der Waals surface area (Å²) in [6.45, 7) is 5.38. The maximum Gasteiger partial charge on any atom is 0.442 e. The van der Waals surface area contributed by atoms with Crippen LogP contribution in [-0.4, -0.2) is 46.5 Å². The average Bonchev–Trinajstić information content (AvgIpc) is 2.33. The molecule has 0 aromatic rings. The molecule has 0 saturated heterocycles. The van der Waals surface area contributed by atoms with Gasteiger partial charge in [0.05, 0.1) is 11.9 Å². The number of ether oxygens (including phenoxy) is 1. The molecule has 1 aliphatic carbocycles. The van der Waals surface area contributed by atoms with Crippen molar-refractivity contribution in [2.45, 2.75) is 44.3 Å². The highest BCUT2D eigenvalue weighted by Gasteiger charge is 2.66. The van der Waals surface area contributed by atoms with Crippen LogP contribution >= 0.6 is 11.8 Å². The average molecular weight is 329 g/mol. The van der Waals surface area contributed by atoms with E-state index in [-0.39, 0.29) is 12.5 Å². The minimum Gasteiger partial charge on any atom is -0.479 e.